The van der Waals surface area contributed by atoms with Crippen LogP contribution in [-0.4, -0.2) is 19.1 Å². The molecule has 0 aliphatic carbocycles. The van der Waals surface area contributed by atoms with E-state index < -0.39 is 0 Å². The molecule has 0 aliphatic rings. The van der Waals surface area contributed by atoms with E-state index in [0.717, 1.165) is 6.42 Å². The molecule has 0 atom stereocenters. The second kappa shape index (κ2) is 8.68. The topological polar surface area (TPSA) is 64.3 Å². The van der Waals surface area contributed by atoms with Gasteiger partial charge in [0.1, 0.15) is 0 Å². The van der Waals surface area contributed by atoms with Crippen LogP contribution in [-0.2, 0) is 9.63 Å². The first-order valence-electron chi connectivity index (χ1n) is 2.83. The van der Waals surface area contributed by atoms with Crippen LogP contribution in [0.3, 0.4) is 0 Å². The van der Waals surface area contributed by atoms with Crippen LogP contribution in [0.1, 0.15) is 13.3 Å². The summed E-state index contributed by atoms with van der Waals surface area (Å²) in [7, 11) is 0. The lowest BCUT2D eigenvalue weighted by atomic mass is 10.4. The molecule has 0 saturated carbocycles. The number of carbonyl (C=O) groups excluding carboxylic acids is 1. The van der Waals surface area contributed by atoms with Crippen molar-refractivity contribution in [3.8, 4) is 0 Å². The van der Waals surface area contributed by atoms with E-state index in [4.69, 9.17) is 5.90 Å². The lowest BCUT2D eigenvalue weighted by Crippen LogP contribution is -2.22. The van der Waals surface area contributed by atoms with E-state index in [-0.39, 0.29) is 18.3 Å². The van der Waals surface area contributed by atoms with E-state index in [1.807, 2.05) is 0 Å². The highest BCUT2D eigenvalue weighted by Gasteiger charge is 1.88. The number of carbonyl (C=O) groups is 1. The van der Waals surface area contributed by atoms with Gasteiger partial charge in [-0.2, -0.15) is 0 Å². The van der Waals surface area contributed by atoms with Crippen LogP contribution in [0.4, 0.5) is 0 Å². The Morgan fingerprint density at radius 2 is 2.30 bits per heavy atom. The number of amides is 1. The maximum absolute atomic E-state index is 10.2. The van der Waals surface area contributed by atoms with Crippen LogP contribution in [0, 0.1) is 0 Å². The van der Waals surface area contributed by atoms with Crippen molar-refractivity contribution in [1.29, 1.82) is 0 Å². The average molecular weight is 169 g/mol. The summed E-state index contributed by atoms with van der Waals surface area (Å²) in [5, 5.41) is 2.61. The summed E-state index contributed by atoms with van der Waals surface area (Å²) >= 11 is 0. The minimum atomic E-state index is -0.0213. The van der Waals surface area contributed by atoms with E-state index in [1.54, 1.807) is 0 Å². The largest absolute Gasteiger partial charge is 0.356 e. The van der Waals surface area contributed by atoms with Gasteiger partial charge in [0.25, 0.3) is 0 Å². The molecule has 0 fully saturated rings. The molecule has 5 heteroatoms. The van der Waals surface area contributed by atoms with Gasteiger partial charge >= 0.3 is 0 Å². The molecular formula is C5H13ClN2O2. The van der Waals surface area contributed by atoms with Crippen LogP contribution in [0.5, 0.6) is 0 Å². The molecule has 0 heterocycles. The second-order valence-corrected chi connectivity index (χ2v) is 1.71. The van der Waals surface area contributed by atoms with Crippen LogP contribution in [0.25, 0.3) is 0 Å². The van der Waals surface area contributed by atoms with Crippen molar-refractivity contribution in [2.75, 3.05) is 13.2 Å². The lowest BCUT2D eigenvalue weighted by molar-refractivity contribution is -0.119. The summed E-state index contributed by atoms with van der Waals surface area (Å²) in [6, 6.07) is 0. The van der Waals surface area contributed by atoms with Crippen molar-refractivity contribution < 1.29 is 9.63 Å². The van der Waals surface area contributed by atoms with Gasteiger partial charge in [-0.25, -0.2) is 5.90 Å². The highest BCUT2D eigenvalue weighted by molar-refractivity contribution is 5.85. The van der Waals surface area contributed by atoms with Crippen LogP contribution in [0.15, 0.2) is 0 Å². The summed E-state index contributed by atoms with van der Waals surface area (Å²) < 4.78 is 0. The maximum atomic E-state index is 10.2. The van der Waals surface area contributed by atoms with Gasteiger partial charge in [0.05, 0.1) is 6.61 Å². The molecule has 0 aromatic heterocycles. The monoisotopic (exact) mass is 168 g/mol. The molecule has 62 valence electrons. The minimum Gasteiger partial charge on any atom is -0.356 e. The Kier molecular flexibility index (Phi) is 10.7. The number of hydrogen-bond donors (Lipinski definition) is 2. The molecule has 0 aromatic rings. The second-order valence-electron chi connectivity index (χ2n) is 1.71. The number of nitrogens with two attached hydrogens (primary N) is 1. The molecule has 0 saturated heterocycles. The van der Waals surface area contributed by atoms with Gasteiger partial charge in [-0.1, -0.05) is 0 Å². The van der Waals surface area contributed by atoms with Gasteiger partial charge in [-0.05, 0) is 6.42 Å². The van der Waals surface area contributed by atoms with Gasteiger partial charge in [0.15, 0.2) is 0 Å². The molecule has 0 radical (unpaired) electrons. The summed E-state index contributed by atoms with van der Waals surface area (Å²) in [5.41, 5.74) is 0. The summed E-state index contributed by atoms with van der Waals surface area (Å²) in [6.45, 7) is 2.59. The first-order chi connectivity index (χ1) is 4.27. The summed E-state index contributed by atoms with van der Waals surface area (Å²) in [6.07, 6.45) is 0.760. The zero-order valence-corrected chi connectivity index (χ0v) is 6.74. The fourth-order valence-electron chi connectivity index (χ4n) is 0.420. The molecule has 0 unspecified atom stereocenters. The standard InChI is InChI=1S/C5H12N2O2.ClH/c1-5(8)7-3-2-4-9-6;/h2-4,6H2,1H3,(H,7,8);1H. The highest BCUT2D eigenvalue weighted by atomic mass is 35.5. The van der Waals surface area contributed by atoms with Crippen molar-refractivity contribution in [2.45, 2.75) is 13.3 Å². The third-order valence-electron chi connectivity index (χ3n) is 0.813. The SMILES string of the molecule is CC(=O)NCCCON.Cl. The Labute approximate surface area is 66.5 Å². The van der Waals surface area contributed by atoms with Gasteiger partial charge in [-0.3, -0.25) is 4.79 Å². The Morgan fingerprint density at radius 3 is 2.70 bits per heavy atom. The van der Waals surface area contributed by atoms with Crippen LogP contribution in [0.2, 0.25) is 0 Å². The van der Waals surface area contributed by atoms with E-state index in [0.29, 0.717) is 13.2 Å². The zero-order chi connectivity index (χ0) is 7.11. The number of nitrogens with one attached hydrogen (secondary N) is 1. The Balaban J connectivity index is 0. The predicted molar refractivity (Wildman–Crippen MR) is 40.7 cm³/mol. The van der Waals surface area contributed by atoms with Gasteiger partial charge in [0.2, 0.25) is 5.91 Å². The van der Waals surface area contributed by atoms with E-state index in [9.17, 15) is 4.79 Å². The third-order valence-corrected chi connectivity index (χ3v) is 0.813. The predicted octanol–water partition coefficient (Wildman–Crippen LogP) is -0.175. The normalized spacial score (nSPS) is 8.20. The molecule has 4 nitrogen and oxygen atoms in total. The number of halogens is 1. The van der Waals surface area contributed by atoms with Crippen molar-refractivity contribution in [3.63, 3.8) is 0 Å². The molecule has 0 spiro atoms. The van der Waals surface area contributed by atoms with Crippen molar-refractivity contribution in [1.82, 2.24) is 5.32 Å². The fraction of sp³-hybridized carbons (Fsp3) is 0.800. The van der Waals surface area contributed by atoms with E-state index in [2.05, 4.69) is 10.2 Å². The Bertz CT molecular complexity index is 89.7. The maximum Gasteiger partial charge on any atom is 0.216 e. The van der Waals surface area contributed by atoms with Gasteiger partial charge < -0.3 is 10.2 Å². The molecule has 10 heavy (non-hydrogen) atoms. The quantitative estimate of drug-likeness (QED) is 0.453. The number of hydrogen-bond acceptors (Lipinski definition) is 3. The smallest absolute Gasteiger partial charge is 0.216 e. The molecule has 1 amide bonds. The molecule has 0 rings (SSSR count). The Morgan fingerprint density at radius 1 is 1.70 bits per heavy atom. The molecule has 0 bridgehead atoms. The summed E-state index contributed by atoms with van der Waals surface area (Å²) in [4.78, 5) is 14.5. The van der Waals surface area contributed by atoms with Gasteiger partial charge in [-0.15, -0.1) is 12.4 Å². The van der Waals surface area contributed by atoms with Gasteiger partial charge in [0, 0.05) is 13.5 Å². The summed E-state index contributed by atoms with van der Waals surface area (Å²) in [5.74, 6) is 4.71. The highest BCUT2D eigenvalue weighted by Crippen LogP contribution is 1.73. The van der Waals surface area contributed by atoms with Crippen molar-refractivity contribution in [2.24, 2.45) is 5.90 Å². The molecule has 0 aliphatic heterocycles. The zero-order valence-electron chi connectivity index (χ0n) is 5.92. The average Bonchev–Trinajstić information content (AvgIpc) is 1.80. The third kappa shape index (κ3) is 10.6. The fourth-order valence-corrected chi connectivity index (χ4v) is 0.420. The lowest BCUT2D eigenvalue weighted by Gasteiger charge is -1.98. The Hall–Kier alpha value is -0.320. The van der Waals surface area contributed by atoms with Crippen LogP contribution < -0.4 is 11.2 Å². The molecular weight excluding hydrogens is 156 g/mol. The first-order valence-corrected chi connectivity index (χ1v) is 2.83. The van der Waals surface area contributed by atoms with Crippen molar-refractivity contribution in [3.05, 3.63) is 0 Å². The van der Waals surface area contributed by atoms with Crippen LogP contribution >= 0.6 is 12.4 Å². The first kappa shape index (κ1) is 12.4. The molecule has 3 N–H and O–H groups in total. The number of rotatable bonds is 4. The van der Waals surface area contributed by atoms with E-state index >= 15 is 0 Å². The van der Waals surface area contributed by atoms with E-state index in [1.165, 1.54) is 6.92 Å². The molecule has 0 aromatic carbocycles. The minimum absolute atomic E-state index is 0. The van der Waals surface area contributed by atoms with Crippen molar-refractivity contribution >= 4 is 18.3 Å².